The summed E-state index contributed by atoms with van der Waals surface area (Å²) in [5, 5.41) is 12.2. The van der Waals surface area contributed by atoms with Gasteiger partial charge in [-0.25, -0.2) is 0 Å². The maximum atomic E-state index is 10.6. The molecule has 21 heavy (non-hydrogen) atoms. The Morgan fingerprint density at radius 3 is 2.33 bits per heavy atom. The zero-order valence-corrected chi connectivity index (χ0v) is 14.7. The van der Waals surface area contributed by atoms with E-state index in [1.165, 1.54) is 0 Å². The highest BCUT2D eigenvalue weighted by atomic mass is 79.9. The fourth-order valence-corrected chi connectivity index (χ4v) is 3.22. The van der Waals surface area contributed by atoms with Crippen LogP contribution in [0.2, 0.25) is 15.1 Å². The van der Waals surface area contributed by atoms with Gasteiger partial charge in [0, 0.05) is 27.0 Å². The predicted molar refractivity (Wildman–Crippen MR) is 92.4 cm³/mol. The summed E-state index contributed by atoms with van der Waals surface area (Å²) < 4.78 is 0.721. The van der Waals surface area contributed by atoms with E-state index >= 15 is 0 Å². The molecule has 6 heteroatoms. The van der Waals surface area contributed by atoms with Crippen molar-refractivity contribution in [1.82, 2.24) is 0 Å². The average Bonchev–Trinajstić information content (AvgIpc) is 2.44. The second kappa shape index (κ2) is 7.32. The van der Waals surface area contributed by atoms with E-state index in [9.17, 15) is 5.11 Å². The molecule has 0 aliphatic heterocycles. The molecule has 0 aliphatic carbocycles. The van der Waals surface area contributed by atoms with Crippen molar-refractivity contribution in [3.8, 4) is 0 Å². The lowest BCUT2D eigenvalue weighted by Gasteiger charge is -2.23. The van der Waals surface area contributed by atoms with E-state index in [0.29, 0.717) is 20.6 Å². The summed E-state index contributed by atoms with van der Waals surface area (Å²) in [4.78, 5) is 0. The first-order valence-corrected chi connectivity index (χ1v) is 8.14. The van der Waals surface area contributed by atoms with Crippen molar-refractivity contribution < 1.29 is 5.11 Å². The van der Waals surface area contributed by atoms with Gasteiger partial charge in [0.05, 0.1) is 11.1 Å². The van der Waals surface area contributed by atoms with E-state index in [4.69, 9.17) is 40.5 Å². The molecule has 0 saturated carbocycles. The number of aliphatic hydroxyl groups is 1. The van der Waals surface area contributed by atoms with Crippen LogP contribution < -0.4 is 5.73 Å². The summed E-state index contributed by atoms with van der Waals surface area (Å²) in [5.74, 6) is -0.331. The maximum absolute atomic E-state index is 10.6. The molecular weight excluding hydrogens is 396 g/mol. The Morgan fingerprint density at radius 1 is 1.05 bits per heavy atom. The Morgan fingerprint density at radius 2 is 1.76 bits per heavy atom. The third kappa shape index (κ3) is 3.92. The Kier molecular flexibility index (Phi) is 5.95. The number of hydrogen-bond acceptors (Lipinski definition) is 2. The summed E-state index contributed by atoms with van der Waals surface area (Å²) >= 11 is 21.4. The highest BCUT2D eigenvalue weighted by Gasteiger charge is 2.24. The number of hydrogen-bond donors (Lipinski definition) is 2. The Hall–Kier alpha value is -0.290. The number of benzene rings is 2. The second-order valence-electron chi connectivity index (χ2n) is 4.63. The molecule has 0 aliphatic rings. The second-order valence-corrected chi connectivity index (χ2v) is 6.73. The molecule has 0 heterocycles. The molecule has 0 saturated heterocycles. The Labute approximate surface area is 146 Å². The van der Waals surface area contributed by atoms with Crippen molar-refractivity contribution in [3.63, 3.8) is 0 Å². The molecule has 0 spiro atoms. The van der Waals surface area contributed by atoms with Crippen molar-refractivity contribution in [2.45, 2.75) is 12.0 Å². The topological polar surface area (TPSA) is 46.2 Å². The largest absolute Gasteiger partial charge is 0.388 e. The van der Waals surface area contributed by atoms with Gasteiger partial charge in [0.25, 0.3) is 0 Å². The zero-order valence-electron chi connectivity index (χ0n) is 10.9. The van der Waals surface area contributed by atoms with Crippen LogP contribution in [0.25, 0.3) is 0 Å². The average molecular weight is 410 g/mol. The lowest BCUT2D eigenvalue weighted by molar-refractivity contribution is 0.147. The highest BCUT2D eigenvalue weighted by molar-refractivity contribution is 9.10. The van der Waals surface area contributed by atoms with E-state index in [0.717, 1.165) is 10.0 Å². The summed E-state index contributed by atoms with van der Waals surface area (Å²) in [6.45, 7) is 0.253. The number of rotatable bonds is 4. The van der Waals surface area contributed by atoms with Crippen LogP contribution in [0.15, 0.2) is 40.9 Å². The van der Waals surface area contributed by atoms with Gasteiger partial charge in [-0.15, -0.1) is 0 Å². The molecule has 0 aromatic heterocycles. The highest BCUT2D eigenvalue weighted by Crippen LogP contribution is 2.37. The predicted octanol–water partition coefficient (Wildman–Crippen LogP) is 5.19. The van der Waals surface area contributed by atoms with Crippen LogP contribution in [-0.4, -0.2) is 11.7 Å². The van der Waals surface area contributed by atoms with E-state index in [1.807, 2.05) is 0 Å². The lowest BCUT2D eigenvalue weighted by atomic mass is 9.89. The standard InChI is InChI=1S/C15H13BrCl3NO/c16-12-5-8(1-4-13(12)18)15(21)11(7-20)10-3-2-9(17)6-14(10)19/h1-6,11,15,21H,7,20H2. The normalized spacial score (nSPS) is 14.0. The van der Waals surface area contributed by atoms with Crippen molar-refractivity contribution in [2.75, 3.05) is 6.54 Å². The summed E-state index contributed by atoms with van der Waals surface area (Å²) in [6, 6.07) is 10.4. The van der Waals surface area contributed by atoms with Gasteiger partial charge >= 0.3 is 0 Å². The molecule has 0 bridgehead atoms. The van der Waals surface area contributed by atoms with Gasteiger partial charge in [-0.1, -0.05) is 46.9 Å². The Balaban J connectivity index is 2.37. The summed E-state index contributed by atoms with van der Waals surface area (Å²) in [6.07, 6.45) is -0.790. The van der Waals surface area contributed by atoms with Crippen LogP contribution in [0.5, 0.6) is 0 Å². The van der Waals surface area contributed by atoms with Crippen molar-refractivity contribution >= 4 is 50.7 Å². The van der Waals surface area contributed by atoms with Gasteiger partial charge in [-0.3, -0.25) is 0 Å². The molecule has 2 aromatic rings. The third-order valence-corrected chi connectivity index (χ3v) is 5.06. The molecule has 112 valence electrons. The van der Waals surface area contributed by atoms with Gasteiger partial charge in [-0.05, 0) is 51.3 Å². The minimum absolute atomic E-state index is 0.253. The van der Waals surface area contributed by atoms with Crippen molar-refractivity contribution in [3.05, 3.63) is 67.1 Å². The van der Waals surface area contributed by atoms with E-state index in [2.05, 4.69) is 15.9 Å². The molecule has 2 rings (SSSR count). The van der Waals surface area contributed by atoms with Crippen molar-refractivity contribution in [2.24, 2.45) is 5.73 Å². The SMILES string of the molecule is NCC(c1ccc(Cl)cc1Cl)C(O)c1ccc(Cl)c(Br)c1. The quantitative estimate of drug-likeness (QED) is 0.730. The van der Waals surface area contributed by atoms with Crippen LogP contribution >= 0.6 is 50.7 Å². The van der Waals surface area contributed by atoms with Crippen LogP contribution in [0.4, 0.5) is 0 Å². The summed E-state index contributed by atoms with van der Waals surface area (Å²) in [7, 11) is 0. The fourth-order valence-electron chi connectivity index (χ4n) is 2.16. The minimum Gasteiger partial charge on any atom is -0.388 e. The molecule has 3 N–H and O–H groups in total. The molecule has 2 aromatic carbocycles. The number of halogens is 4. The molecule has 2 nitrogen and oxygen atoms in total. The first-order valence-electron chi connectivity index (χ1n) is 6.22. The monoisotopic (exact) mass is 407 g/mol. The van der Waals surface area contributed by atoms with Gasteiger partial charge in [0.15, 0.2) is 0 Å². The lowest BCUT2D eigenvalue weighted by Crippen LogP contribution is -2.20. The van der Waals surface area contributed by atoms with Crippen LogP contribution in [-0.2, 0) is 0 Å². The first kappa shape index (κ1) is 17.1. The van der Waals surface area contributed by atoms with Crippen LogP contribution in [0, 0.1) is 0 Å². The molecular formula is C15H13BrCl3NO. The van der Waals surface area contributed by atoms with Crippen LogP contribution in [0.1, 0.15) is 23.1 Å². The van der Waals surface area contributed by atoms with E-state index in [-0.39, 0.29) is 12.5 Å². The van der Waals surface area contributed by atoms with Gasteiger partial charge in [0.1, 0.15) is 0 Å². The van der Waals surface area contributed by atoms with Crippen molar-refractivity contribution in [1.29, 1.82) is 0 Å². The molecule has 0 amide bonds. The molecule has 2 unspecified atom stereocenters. The van der Waals surface area contributed by atoms with Gasteiger partial charge in [0.2, 0.25) is 0 Å². The number of aliphatic hydroxyl groups excluding tert-OH is 1. The van der Waals surface area contributed by atoms with E-state index in [1.54, 1.807) is 36.4 Å². The van der Waals surface area contributed by atoms with Gasteiger partial charge in [-0.2, -0.15) is 0 Å². The zero-order chi connectivity index (χ0) is 15.6. The smallest absolute Gasteiger partial charge is 0.0871 e. The fraction of sp³-hybridized carbons (Fsp3) is 0.200. The van der Waals surface area contributed by atoms with Crippen LogP contribution in [0.3, 0.4) is 0 Å². The minimum atomic E-state index is -0.790. The molecule has 0 fully saturated rings. The summed E-state index contributed by atoms with van der Waals surface area (Å²) in [5.41, 5.74) is 7.31. The molecule has 2 atom stereocenters. The van der Waals surface area contributed by atoms with E-state index < -0.39 is 6.10 Å². The first-order chi connectivity index (χ1) is 9.93. The Bertz CT molecular complexity index is 651. The number of nitrogens with two attached hydrogens (primary N) is 1. The molecule has 0 radical (unpaired) electrons. The third-order valence-electron chi connectivity index (χ3n) is 3.28. The van der Waals surface area contributed by atoms with Gasteiger partial charge < -0.3 is 10.8 Å². The maximum Gasteiger partial charge on any atom is 0.0871 e.